The van der Waals surface area contributed by atoms with Crippen LogP contribution in [0, 0.1) is 50.7 Å². The normalized spacial score (nSPS) is 15.9. The second-order valence-electron chi connectivity index (χ2n) is 7.76. The van der Waals surface area contributed by atoms with Crippen LogP contribution >= 0.6 is 0 Å². The van der Waals surface area contributed by atoms with E-state index in [1.54, 1.807) is 24.3 Å². The molecule has 0 bridgehead atoms. The standard InChI is InChI=1S/C24H20N6O/c1-24(2)9-17(8-18(10-24)20(11-25)12-26)4-3-16-5-6-23(31)19(7-16)15-30-22(14-28)21(29)13-27/h3-8,15,31H,9-10,29H2,1-2H3/b4-3+,22-21-,30-15?. The molecule has 152 valence electrons. The van der Waals surface area contributed by atoms with E-state index in [9.17, 15) is 15.6 Å². The Labute approximate surface area is 181 Å². The first-order valence-electron chi connectivity index (χ1n) is 9.32. The summed E-state index contributed by atoms with van der Waals surface area (Å²) in [5.41, 5.74) is 7.75. The number of benzene rings is 1. The number of phenolic OH excluding ortho intramolecular Hbond substituents is 1. The van der Waals surface area contributed by atoms with Crippen LogP contribution in [0.3, 0.4) is 0 Å². The summed E-state index contributed by atoms with van der Waals surface area (Å²) in [4.78, 5) is 3.89. The lowest BCUT2D eigenvalue weighted by Crippen LogP contribution is -2.17. The van der Waals surface area contributed by atoms with E-state index in [4.69, 9.17) is 16.3 Å². The zero-order chi connectivity index (χ0) is 23.0. The molecule has 7 nitrogen and oxygen atoms in total. The molecule has 1 aromatic rings. The van der Waals surface area contributed by atoms with Crippen molar-refractivity contribution in [2.24, 2.45) is 16.1 Å². The SMILES string of the molecule is CC1(C)CC(/C=C/c2ccc(O)c(C=N/C(C#N)=C(\N)C#N)c2)=CC(=C(C#N)C#N)C1. The van der Waals surface area contributed by atoms with E-state index >= 15 is 0 Å². The van der Waals surface area contributed by atoms with Crippen LogP contribution < -0.4 is 5.73 Å². The summed E-state index contributed by atoms with van der Waals surface area (Å²) in [5, 5.41) is 46.3. The van der Waals surface area contributed by atoms with Gasteiger partial charge in [-0.2, -0.15) is 21.0 Å². The van der Waals surface area contributed by atoms with Crippen LogP contribution in [0.4, 0.5) is 0 Å². The summed E-state index contributed by atoms with van der Waals surface area (Å²) in [7, 11) is 0. The number of aliphatic imine (C=N–C) groups is 1. The Bertz CT molecular complexity index is 1200. The lowest BCUT2D eigenvalue weighted by atomic mass is 9.74. The smallest absolute Gasteiger partial charge is 0.174 e. The number of phenols is 1. The molecule has 0 fully saturated rings. The van der Waals surface area contributed by atoms with Gasteiger partial charge in [-0.1, -0.05) is 38.1 Å². The fourth-order valence-corrected chi connectivity index (χ4v) is 3.22. The summed E-state index contributed by atoms with van der Waals surface area (Å²) >= 11 is 0. The third kappa shape index (κ3) is 5.94. The van der Waals surface area contributed by atoms with Crippen molar-refractivity contribution < 1.29 is 5.11 Å². The lowest BCUT2D eigenvalue weighted by Gasteiger charge is -2.30. The summed E-state index contributed by atoms with van der Waals surface area (Å²) in [6.07, 6.45) is 8.35. The molecule has 0 spiro atoms. The second kappa shape index (κ2) is 9.75. The molecule has 1 aliphatic carbocycles. The van der Waals surface area contributed by atoms with E-state index in [1.807, 2.05) is 30.4 Å². The fourth-order valence-electron chi connectivity index (χ4n) is 3.22. The highest BCUT2D eigenvalue weighted by molar-refractivity contribution is 5.85. The minimum atomic E-state index is -0.306. The molecule has 1 aromatic carbocycles. The Morgan fingerprint density at radius 3 is 2.39 bits per heavy atom. The van der Waals surface area contributed by atoms with E-state index < -0.39 is 0 Å². The average Bonchev–Trinajstić information content (AvgIpc) is 2.74. The van der Waals surface area contributed by atoms with Crippen molar-refractivity contribution >= 4 is 12.3 Å². The van der Waals surface area contributed by atoms with E-state index in [0.29, 0.717) is 12.0 Å². The molecule has 31 heavy (non-hydrogen) atoms. The monoisotopic (exact) mass is 408 g/mol. The predicted octanol–water partition coefficient (Wildman–Crippen LogP) is 4.13. The third-order valence-corrected chi connectivity index (χ3v) is 4.61. The van der Waals surface area contributed by atoms with Gasteiger partial charge in [0, 0.05) is 11.8 Å². The molecular weight excluding hydrogens is 388 g/mol. The first kappa shape index (κ1) is 22.7. The van der Waals surface area contributed by atoms with Crippen LogP contribution in [-0.2, 0) is 0 Å². The highest BCUT2D eigenvalue weighted by atomic mass is 16.3. The van der Waals surface area contributed by atoms with E-state index in [2.05, 4.69) is 18.8 Å². The minimum Gasteiger partial charge on any atom is -0.507 e. The van der Waals surface area contributed by atoms with E-state index in [1.165, 1.54) is 12.3 Å². The number of nitrogens with zero attached hydrogens (tertiary/aromatic N) is 5. The first-order chi connectivity index (χ1) is 14.7. The van der Waals surface area contributed by atoms with Crippen LogP contribution in [0.1, 0.15) is 37.8 Å². The van der Waals surface area contributed by atoms with E-state index in [-0.39, 0.29) is 28.1 Å². The highest BCUT2D eigenvalue weighted by Crippen LogP contribution is 2.39. The molecule has 0 amide bonds. The van der Waals surface area contributed by atoms with Gasteiger partial charge < -0.3 is 10.8 Å². The third-order valence-electron chi connectivity index (χ3n) is 4.61. The minimum absolute atomic E-state index is 0.0374. The van der Waals surface area contributed by atoms with Gasteiger partial charge in [0.25, 0.3) is 0 Å². The van der Waals surface area contributed by atoms with Crippen LogP contribution in [-0.4, -0.2) is 11.3 Å². The number of aromatic hydroxyl groups is 1. The van der Waals surface area contributed by atoms with Crippen LogP contribution in [0.15, 0.2) is 63.5 Å². The Morgan fingerprint density at radius 2 is 1.77 bits per heavy atom. The van der Waals surface area contributed by atoms with Crippen molar-refractivity contribution in [1.29, 1.82) is 21.0 Å². The van der Waals surface area contributed by atoms with Crippen molar-refractivity contribution in [3.63, 3.8) is 0 Å². The van der Waals surface area contributed by atoms with Crippen LogP contribution in [0.2, 0.25) is 0 Å². The van der Waals surface area contributed by atoms with Gasteiger partial charge in [-0.15, -0.1) is 0 Å². The quantitative estimate of drug-likeness (QED) is 0.564. The zero-order valence-corrected chi connectivity index (χ0v) is 17.2. The van der Waals surface area contributed by atoms with Gasteiger partial charge in [-0.25, -0.2) is 4.99 Å². The predicted molar refractivity (Wildman–Crippen MR) is 117 cm³/mol. The van der Waals surface area contributed by atoms with Gasteiger partial charge in [-0.05, 0) is 47.1 Å². The summed E-state index contributed by atoms with van der Waals surface area (Å²) in [6.45, 7) is 4.17. The molecule has 0 saturated heterocycles. The summed E-state index contributed by atoms with van der Waals surface area (Å²) in [6, 6.07) is 12.2. The van der Waals surface area contributed by atoms with Gasteiger partial charge in [0.05, 0.1) is 0 Å². The maximum absolute atomic E-state index is 10.1. The Morgan fingerprint density at radius 1 is 1.06 bits per heavy atom. The molecule has 0 saturated carbocycles. The van der Waals surface area contributed by atoms with Gasteiger partial charge in [0.1, 0.15) is 41.3 Å². The molecule has 3 N–H and O–H groups in total. The van der Waals surface area contributed by atoms with Crippen LogP contribution in [0.5, 0.6) is 5.75 Å². The molecule has 0 radical (unpaired) electrons. The number of nitrogens with two attached hydrogens (primary N) is 1. The van der Waals surface area contributed by atoms with Crippen LogP contribution in [0.25, 0.3) is 6.08 Å². The number of hydrogen-bond donors (Lipinski definition) is 2. The largest absolute Gasteiger partial charge is 0.507 e. The molecule has 0 aromatic heterocycles. The Hall–Kier alpha value is -4.59. The lowest BCUT2D eigenvalue weighted by molar-refractivity contribution is 0.354. The number of hydrogen-bond acceptors (Lipinski definition) is 7. The summed E-state index contributed by atoms with van der Waals surface area (Å²) in [5.74, 6) is -0.0374. The molecule has 1 aliphatic rings. The Kier molecular flexibility index (Phi) is 7.14. The van der Waals surface area contributed by atoms with Gasteiger partial charge in [-0.3, -0.25) is 0 Å². The number of nitriles is 4. The van der Waals surface area contributed by atoms with E-state index in [0.717, 1.165) is 23.1 Å². The number of rotatable bonds is 4. The second-order valence-corrected chi connectivity index (χ2v) is 7.76. The highest BCUT2D eigenvalue weighted by Gasteiger charge is 2.26. The van der Waals surface area contributed by atoms with Gasteiger partial charge in [0.2, 0.25) is 0 Å². The van der Waals surface area contributed by atoms with Gasteiger partial charge in [0.15, 0.2) is 5.70 Å². The van der Waals surface area contributed by atoms with Crippen molar-refractivity contribution in [2.45, 2.75) is 26.7 Å². The molecule has 0 heterocycles. The molecular formula is C24H20N6O. The maximum Gasteiger partial charge on any atom is 0.174 e. The molecule has 7 heteroatoms. The van der Waals surface area contributed by atoms with Gasteiger partial charge >= 0.3 is 0 Å². The van der Waals surface area contributed by atoms with Crippen molar-refractivity contribution in [1.82, 2.24) is 0 Å². The first-order valence-corrected chi connectivity index (χ1v) is 9.32. The molecule has 0 atom stereocenters. The molecule has 0 unspecified atom stereocenters. The van der Waals surface area contributed by atoms with Crippen molar-refractivity contribution in [3.8, 4) is 30.0 Å². The molecule has 0 aliphatic heterocycles. The zero-order valence-electron chi connectivity index (χ0n) is 17.2. The maximum atomic E-state index is 10.1. The Balaban J connectivity index is 2.38. The summed E-state index contributed by atoms with van der Waals surface area (Å²) < 4.78 is 0. The van der Waals surface area contributed by atoms with Crippen molar-refractivity contribution in [2.75, 3.05) is 0 Å². The topological polar surface area (TPSA) is 154 Å². The average molecular weight is 408 g/mol. The molecule has 2 rings (SSSR count). The van der Waals surface area contributed by atoms with Crippen molar-refractivity contribution in [3.05, 3.63) is 69.6 Å². The fraction of sp³-hybridized carbons (Fsp3) is 0.208. The number of allylic oxidation sites excluding steroid dienone is 7.